The molecular weight excluding hydrogens is 272 g/mol. The fourth-order valence-corrected chi connectivity index (χ4v) is 1.97. The van der Waals surface area contributed by atoms with Crippen molar-refractivity contribution in [3.05, 3.63) is 0 Å². The molecule has 0 saturated carbocycles. The average Bonchev–Trinajstić information content (AvgIpc) is 2.52. The standard InChI is InChI=1S/C16H34O5/c1-3-5-7-15(13-17)20-11-9-19-10-12-21-16(14-18)8-6-4-2/h15-18H,3-14H2,1-2H3. The van der Waals surface area contributed by atoms with Gasteiger partial charge in [0, 0.05) is 0 Å². The quantitative estimate of drug-likeness (QED) is 0.428. The van der Waals surface area contributed by atoms with E-state index in [1.54, 1.807) is 0 Å². The SMILES string of the molecule is CCCCC(CO)OCCOCCOC(CO)CCCC. The maximum atomic E-state index is 9.14. The zero-order chi connectivity index (χ0) is 15.8. The van der Waals surface area contributed by atoms with Gasteiger partial charge in [-0.2, -0.15) is 0 Å². The summed E-state index contributed by atoms with van der Waals surface area (Å²) >= 11 is 0. The highest BCUT2D eigenvalue weighted by Crippen LogP contribution is 2.05. The van der Waals surface area contributed by atoms with Crippen LogP contribution in [-0.2, 0) is 14.2 Å². The minimum atomic E-state index is -0.0717. The summed E-state index contributed by atoms with van der Waals surface area (Å²) in [5.41, 5.74) is 0. The fourth-order valence-electron chi connectivity index (χ4n) is 1.97. The second-order valence-electron chi connectivity index (χ2n) is 5.25. The van der Waals surface area contributed by atoms with Crippen LogP contribution in [0.25, 0.3) is 0 Å². The molecule has 0 fully saturated rings. The summed E-state index contributed by atoms with van der Waals surface area (Å²) < 4.78 is 16.5. The molecule has 0 saturated heterocycles. The molecule has 0 aliphatic heterocycles. The smallest absolute Gasteiger partial charge is 0.0806 e. The fraction of sp³-hybridized carbons (Fsp3) is 1.00. The van der Waals surface area contributed by atoms with E-state index < -0.39 is 0 Å². The van der Waals surface area contributed by atoms with Crippen LogP contribution in [0.1, 0.15) is 52.4 Å². The van der Waals surface area contributed by atoms with Crippen LogP contribution in [-0.4, -0.2) is 62.1 Å². The molecule has 5 heteroatoms. The van der Waals surface area contributed by atoms with Crippen LogP contribution >= 0.6 is 0 Å². The van der Waals surface area contributed by atoms with Crippen molar-refractivity contribution in [1.82, 2.24) is 0 Å². The summed E-state index contributed by atoms with van der Waals surface area (Å²) in [6, 6.07) is 0. The lowest BCUT2D eigenvalue weighted by atomic mass is 10.2. The van der Waals surface area contributed by atoms with E-state index in [-0.39, 0.29) is 25.4 Å². The Bertz CT molecular complexity index is 181. The lowest BCUT2D eigenvalue weighted by molar-refractivity contribution is -0.0482. The van der Waals surface area contributed by atoms with Crippen molar-refractivity contribution in [2.24, 2.45) is 0 Å². The van der Waals surface area contributed by atoms with Crippen LogP contribution in [0.15, 0.2) is 0 Å². The van der Waals surface area contributed by atoms with Gasteiger partial charge in [0.15, 0.2) is 0 Å². The summed E-state index contributed by atoms with van der Waals surface area (Å²) in [5.74, 6) is 0. The molecule has 0 rings (SSSR count). The molecule has 2 unspecified atom stereocenters. The Hall–Kier alpha value is -0.200. The minimum Gasteiger partial charge on any atom is -0.394 e. The van der Waals surface area contributed by atoms with Crippen molar-refractivity contribution in [3.8, 4) is 0 Å². The molecule has 2 atom stereocenters. The highest BCUT2D eigenvalue weighted by atomic mass is 16.6. The minimum absolute atomic E-state index is 0.0682. The number of hydrogen-bond acceptors (Lipinski definition) is 5. The molecule has 0 aromatic heterocycles. The lowest BCUT2D eigenvalue weighted by Gasteiger charge is -2.16. The van der Waals surface area contributed by atoms with Crippen molar-refractivity contribution in [1.29, 1.82) is 0 Å². The Morgan fingerprint density at radius 1 is 0.714 bits per heavy atom. The van der Waals surface area contributed by atoms with E-state index in [0.717, 1.165) is 38.5 Å². The molecule has 0 aliphatic carbocycles. The number of rotatable bonds is 16. The first-order valence-electron chi connectivity index (χ1n) is 8.31. The van der Waals surface area contributed by atoms with Crippen LogP contribution in [0.4, 0.5) is 0 Å². The third-order valence-electron chi connectivity index (χ3n) is 3.33. The topological polar surface area (TPSA) is 68.2 Å². The molecule has 0 heterocycles. The number of ether oxygens (including phenoxy) is 3. The zero-order valence-electron chi connectivity index (χ0n) is 13.8. The molecule has 0 amide bonds. The van der Waals surface area contributed by atoms with Crippen LogP contribution in [0.3, 0.4) is 0 Å². The first kappa shape index (κ1) is 20.8. The van der Waals surface area contributed by atoms with Gasteiger partial charge < -0.3 is 24.4 Å². The van der Waals surface area contributed by atoms with Gasteiger partial charge in [0.2, 0.25) is 0 Å². The van der Waals surface area contributed by atoms with Crippen LogP contribution in [0.5, 0.6) is 0 Å². The maximum Gasteiger partial charge on any atom is 0.0806 e. The summed E-state index contributed by atoms with van der Waals surface area (Å²) in [7, 11) is 0. The molecule has 0 aromatic rings. The van der Waals surface area contributed by atoms with Crippen LogP contribution in [0, 0.1) is 0 Å². The predicted octanol–water partition coefficient (Wildman–Crippen LogP) is 2.14. The summed E-state index contributed by atoms with van der Waals surface area (Å²) in [5, 5.41) is 18.3. The van der Waals surface area contributed by atoms with E-state index in [1.807, 2.05) is 0 Å². The normalized spacial score (nSPS) is 14.3. The van der Waals surface area contributed by atoms with Crippen LogP contribution in [0.2, 0.25) is 0 Å². The number of unbranched alkanes of at least 4 members (excludes halogenated alkanes) is 2. The first-order valence-corrected chi connectivity index (χ1v) is 8.31. The molecule has 21 heavy (non-hydrogen) atoms. The van der Waals surface area contributed by atoms with E-state index in [1.165, 1.54) is 0 Å². The number of aliphatic hydroxyl groups excluding tert-OH is 2. The monoisotopic (exact) mass is 306 g/mol. The molecule has 0 bridgehead atoms. The van der Waals surface area contributed by atoms with Crippen molar-refractivity contribution in [2.75, 3.05) is 39.6 Å². The van der Waals surface area contributed by atoms with E-state index in [0.29, 0.717) is 26.4 Å². The Balaban J connectivity index is 3.41. The molecule has 0 aliphatic rings. The summed E-state index contributed by atoms with van der Waals surface area (Å²) in [6.45, 7) is 6.38. The molecule has 5 nitrogen and oxygen atoms in total. The van der Waals surface area contributed by atoms with Gasteiger partial charge in [-0.15, -0.1) is 0 Å². The van der Waals surface area contributed by atoms with E-state index >= 15 is 0 Å². The van der Waals surface area contributed by atoms with Crippen molar-refractivity contribution in [3.63, 3.8) is 0 Å². The molecule has 0 radical (unpaired) electrons. The van der Waals surface area contributed by atoms with Gasteiger partial charge in [-0.05, 0) is 12.8 Å². The van der Waals surface area contributed by atoms with Gasteiger partial charge in [-0.25, -0.2) is 0 Å². The molecular formula is C16H34O5. The van der Waals surface area contributed by atoms with Crippen molar-refractivity contribution >= 4 is 0 Å². The van der Waals surface area contributed by atoms with Gasteiger partial charge in [0.05, 0.1) is 51.8 Å². The van der Waals surface area contributed by atoms with E-state index in [2.05, 4.69) is 13.8 Å². The first-order chi connectivity index (χ1) is 10.3. The Morgan fingerprint density at radius 2 is 1.14 bits per heavy atom. The largest absolute Gasteiger partial charge is 0.394 e. The third-order valence-corrected chi connectivity index (χ3v) is 3.33. The second-order valence-corrected chi connectivity index (χ2v) is 5.25. The number of aliphatic hydroxyl groups is 2. The van der Waals surface area contributed by atoms with Gasteiger partial charge in [0.1, 0.15) is 0 Å². The van der Waals surface area contributed by atoms with E-state index in [9.17, 15) is 0 Å². The maximum absolute atomic E-state index is 9.14. The Kier molecular flexibility index (Phi) is 16.0. The molecule has 0 aromatic carbocycles. The third kappa shape index (κ3) is 13.2. The second kappa shape index (κ2) is 16.2. The highest BCUT2D eigenvalue weighted by molar-refractivity contribution is 4.56. The van der Waals surface area contributed by atoms with E-state index in [4.69, 9.17) is 24.4 Å². The number of hydrogen-bond donors (Lipinski definition) is 2. The van der Waals surface area contributed by atoms with Crippen molar-refractivity contribution in [2.45, 2.75) is 64.6 Å². The molecule has 2 N–H and O–H groups in total. The van der Waals surface area contributed by atoms with Gasteiger partial charge in [0.25, 0.3) is 0 Å². The summed E-state index contributed by atoms with van der Waals surface area (Å²) in [4.78, 5) is 0. The predicted molar refractivity (Wildman–Crippen MR) is 83.5 cm³/mol. The lowest BCUT2D eigenvalue weighted by Crippen LogP contribution is -2.22. The van der Waals surface area contributed by atoms with Gasteiger partial charge >= 0.3 is 0 Å². The summed E-state index contributed by atoms with van der Waals surface area (Å²) in [6.07, 6.45) is 6.00. The Morgan fingerprint density at radius 3 is 1.48 bits per heavy atom. The highest BCUT2D eigenvalue weighted by Gasteiger charge is 2.07. The Labute approximate surface area is 129 Å². The molecule has 128 valence electrons. The van der Waals surface area contributed by atoms with Crippen LogP contribution < -0.4 is 0 Å². The van der Waals surface area contributed by atoms with Crippen molar-refractivity contribution < 1.29 is 24.4 Å². The van der Waals surface area contributed by atoms with Gasteiger partial charge in [-0.1, -0.05) is 39.5 Å². The average molecular weight is 306 g/mol. The zero-order valence-corrected chi connectivity index (χ0v) is 13.8. The molecule has 0 spiro atoms. The van der Waals surface area contributed by atoms with Gasteiger partial charge in [-0.3, -0.25) is 0 Å².